The Hall–Kier alpha value is -0.710. The molecule has 5 fully saturated rings. The van der Waals surface area contributed by atoms with Gasteiger partial charge in [0.05, 0.1) is 18.8 Å². The van der Waals surface area contributed by atoms with Gasteiger partial charge < -0.3 is 14.6 Å². The second-order valence-electron chi connectivity index (χ2n) is 12.2. The number of carbonyl (C=O) groups is 1. The summed E-state index contributed by atoms with van der Waals surface area (Å²) >= 11 is 0. The highest BCUT2D eigenvalue weighted by atomic mass is 16.7. The summed E-state index contributed by atoms with van der Waals surface area (Å²) in [6.45, 7) is 6.47. The number of ether oxygens (including phenoxy) is 2. The van der Waals surface area contributed by atoms with E-state index in [-0.39, 0.29) is 17.1 Å². The van der Waals surface area contributed by atoms with Gasteiger partial charge in [0.25, 0.3) is 0 Å². The van der Waals surface area contributed by atoms with Crippen LogP contribution < -0.4 is 0 Å². The molecule has 1 N–H and O–H groups in total. The average Bonchev–Trinajstić information content (AvgIpc) is 2.87. The highest BCUT2D eigenvalue weighted by molar-refractivity contribution is 5.91. The van der Waals surface area contributed by atoms with Crippen LogP contribution in [0, 0.1) is 40.4 Å². The SMILES string of the molecule is C[C@]12CCC(=O)C=C1CC[C@H]1[C@@H]3[C@@H]4CC[C@@H]4[C@@](O)(CCC4OCCCO4)[C@@]3(C)CC[C@@H]12. The minimum Gasteiger partial charge on any atom is -0.389 e. The minimum atomic E-state index is -0.574. The first-order valence-electron chi connectivity index (χ1n) is 13.1. The predicted molar refractivity (Wildman–Crippen MR) is 118 cm³/mol. The molecule has 31 heavy (non-hydrogen) atoms. The lowest BCUT2D eigenvalue weighted by Gasteiger charge is -2.59. The summed E-state index contributed by atoms with van der Waals surface area (Å²) in [5.41, 5.74) is 1.09. The first-order valence-corrected chi connectivity index (χ1v) is 13.1. The fraction of sp³-hybridized carbons (Fsp3) is 0.889. The Morgan fingerprint density at radius 2 is 1.77 bits per heavy atom. The second kappa shape index (κ2) is 7.14. The number of fused-ring (bicyclic) bond motifs is 7. The van der Waals surface area contributed by atoms with Crippen LogP contribution in [0.1, 0.15) is 84.5 Å². The lowest BCUT2D eigenvalue weighted by atomic mass is 9.45. The lowest BCUT2D eigenvalue weighted by Crippen LogP contribution is -2.56. The highest BCUT2D eigenvalue weighted by Gasteiger charge is 2.72. The van der Waals surface area contributed by atoms with Crippen LogP contribution >= 0.6 is 0 Å². The molecule has 0 aromatic carbocycles. The van der Waals surface area contributed by atoms with E-state index in [0.29, 0.717) is 35.4 Å². The number of allylic oxidation sites excluding steroid dienone is 1. The number of carbonyl (C=O) groups excluding carboxylic acids is 1. The van der Waals surface area contributed by atoms with Gasteiger partial charge in [-0.3, -0.25) is 4.79 Å². The zero-order valence-electron chi connectivity index (χ0n) is 19.4. The van der Waals surface area contributed by atoms with Crippen molar-refractivity contribution >= 4 is 5.78 Å². The number of ketones is 1. The summed E-state index contributed by atoms with van der Waals surface area (Å²) < 4.78 is 11.7. The molecule has 6 aliphatic rings. The fourth-order valence-corrected chi connectivity index (χ4v) is 9.59. The first kappa shape index (κ1) is 20.9. The molecule has 8 atom stereocenters. The molecule has 1 saturated heterocycles. The molecule has 1 aliphatic heterocycles. The molecule has 4 heteroatoms. The van der Waals surface area contributed by atoms with Crippen molar-refractivity contribution in [2.75, 3.05) is 13.2 Å². The van der Waals surface area contributed by atoms with Crippen molar-refractivity contribution in [1.29, 1.82) is 0 Å². The molecule has 5 aliphatic carbocycles. The lowest BCUT2D eigenvalue weighted by molar-refractivity contribution is -0.199. The van der Waals surface area contributed by atoms with Crippen LogP contribution in [0.25, 0.3) is 0 Å². The summed E-state index contributed by atoms with van der Waals surface area (Å²) in [5, 5.41) is 12.3. The molecular weight excluding hydrogens is 388 g/mol. The third-order valence-electron chi connectivity index (χ3n) is 11.3. The first-order chi connectivity index (χ1) is 14.9. The molecule has 0 unspecified atom stereocenters. The van der Waals surface area contributed by atoms with Crippen molar-refractivity contribution < 1.29 is 19.4 Å². The van der Waals surface area contributed by atoms with E-state index >= 15 is 0 Å². The topological polar surface area (TPSA) is 55.8 Å². The van der Waals surface area contributed by atoms with Crippen LogP contribution in [0.5, 0.6) is 0 Å². The van der Waals surface area contributed by atoms with Gasteiger partial charge in [-0.05, 0) is 104 Å². The molecule has 1 heterocycles. The summed E-state index contributed by atoms with van der Waals surface area (Å²) in [6, 6.07) is 0. The fourth-order valence-electron chi connectivity index (χ4n) is 9.59. The van der Waals surface area contributed by atoms with E-state index in [0.717, 1.165) is 58.2 Å². The molecule has 4 nitrogen and oxygen atoms in total. The maximum absolute atomic E-state index is 12.3. The number of hydrogen-bond acceptors (Lipinski definition) is 4. The third-order valence-corrected chi connectivity index (χ3v) is 11.3. The molecule has 0 aromatic heterocycles. The number of aliphatic hydroxyl groups is 1. The maximum Gasteiger partial charge on any atom is 0.157 e. The van der Waals surface area contributed by atoms with Crippen molar-refractivity contribution in [2.45, 2.75) is 96.4 Å². The molecule has 6 rings (SSSR count). The van der Waals surface area contributed by atoms with E-state index in [1.54, 1.807) is 0 Å². The Kier molecular flexibility index (Phi) is 4.81. The Bertz CT molecular complexity index is 784. The van der Waals surface area contributed by atoms with E-state index in [1.807, 2.05) is 6.08 Å². The van der Waals surface area contributed by atoms with Crippen LogP contribution in [-0.2, 0) is 14.3 Å². The summed E-state index contributed by atoms with van der Waals surface area (Å²) in [6.07, 6.45) is 13.4. The molecular formula is C27H40O4. The quantitative estimate of drug-likeness (QED) is 0.684. The largest absolute Gasteiger partial charge is 0.389 e. The van der Waals surface area contributed by atoms with Crippen molar-refractivity contribution in [3.05, 3.63) is 11.6 Å². The molecule has 0 aromatic rings. The number of hydrogen-bond donors (Lipinski definition) is 1. The maximum atomic E-state index is 12.3. The van der Waals surface area contributed by atoms with Crippen LogP contribution in [0.3, 0.4) is 0 Å². The van der Waals surface area contributed by atoms with E-state index in [9.17, 15) is 9.90 Å². The Morgan fingerprint density at radius 3 is 2.52 bits per heavy atom. The zero-order chi connectivity index (χ0) is 21.4. The molecule has 0 spiro atoms. The molecule has 172 valence electrons. The second-order valence-corrected chi connectivity index (χ2v) is 12.2. The van der Waals surface area contributed by atoms with Crippen molar-refractivity contribution in [3.63, 3.8) is 0 Å². The normalized spacial score (nSPS) is 51.8. The van der Waals surface area contributed by atoms with Gasteiger partial charge in [0, 0.05) is 12.8 Å². The molecule has 0 radical (unpaired) electrons. The monoisotopic (exact) mass is 428 g/mol. The van der Waals surface area contributed by atoms with Crippen molar-refractivity contribution in [3.8, 4) is 0 Å². The van der Waals surface area contributed by atoms with Gasteiger partial charge in [-0.15, -0.1) is 0 Å². The molecule has 0 amide bonds. The van der Waals surface area contributed by atoms with E-state index in [4.69, 9.17) is 9.47 Å². The summed E-state index contributed by atoms with van der Waals surface area (Å²) in [4.78, 5) is 12.1. The summed E-state index contributed by atoms with van der Waals surface area (Å²) in [7, 11) is 0. The average molecular weight is 429 g/mol. The van der Waals surface area contributed by atoms with Crippen LogP contribution in [0.4, 0.5) is 0 Å². The van der Waals surface area contributed by atoms with Crippen molar-refractivity contribution in [1.82, 2.24) is 0 Å². The molecule has 4 saturated carbocycles. The Labute approximate surface area is 187 Å². The third kappa shape index (κ3) is 2.80. The number of rotatable bonds is 3. The van der Waals surface area contributed by atoms with Gasteiger partial charge in [0.2, 0.25) is 0 Å². The van der Waals surface area contributed by atoms with E-state index in [1.165, 1.54) is 31.3 Å². The standard InChI is InChI=1S/C27H40O4/c1-25-11-8-18(28)16-17(25)4-5-19-21(25)9-12-26(2)24(19)20-6-7-22(20)27(26,29)13-10-23-30-14-3-15-31-23/h16,19-24,29H,3-15H2,1-2H3/t19-,20-,21+,22+,24-,25+,26+,27+/m1/s1. The Balaban J connectivity index is 1.28. The van der Waals surface area contributed by atoms with Gasteiger partial charge >= 0.3 is 0 Å². The predicted octanol–water partition coefficient (Wildman–Crippen LogP) is 5.04. The zero-order valence-corrected chi connectivity index (χ0v) is 19.4. The van der Waals surface area contributed by atoms with Crippen LogP contribution in [-0.4, -0.2) is 36.0 Å². The van der Waals surface area contributed by atoms with Gasteiger partial charge in [-0.25, -0.2) is 0 Å². The van der Waals surface area contributed by atoms with Crippen molar-refractivity contribution in [2.24, 2.45) is 40.4 Å². The molecule has 0 bridgehead atoms. The van der Waals surface area contributed by atoms with E-state index < -0.39 is 5.60 Å². The summed E-state index contributed by atoms with van der Waals surface area (Å²) in [5.74, 6) is 3.52. The van der Waals surface area contributed by atoms with Gasteiger partial charge in [0.15, 0.2) is 12.1 Å². The van der Waals surface area contributed by atoms with Gasteiger partial charge in [0.1, 0.15) is 0 Å². The Morgan fingerprint density at radius 1 is 1.00 bits per heavy atom. The smallest absolute Gasteiger partial charge is 0.157 e. The van der Waals surface area contributed by atoms with Crippen LogP contribution in [0.15, 0.2) is 11.6 Å². The van der Waals surface area contributed by atoms with E-state index in [2.05, 4.69) is 13.8 Å². The van der Waals surface area contributed by atoms with Gasteiger partial charge in [-0.1, -0.05) is 19.4 Å². The minimum absolute atomic E-state index is 0.0106. The highest BCUT2D eigenvalue weighted by Crippen LogP contribution is 2.74. The van der Waals surface area contributed by atoms with Crippen LogP contribution in [0.2, 0.25) is 0 Å². The van der Waals surface area contributed by atoms with Gasteiger partial charge in [-0.2, -0.15) is 0 Å².